The first-order valence-electron chi connectivity index (χ1n) is 5.20. The Bertz CT molecular complexity index is 308. The van der Waals surface area contributed by atoms with Crippen molar-refractivity contribution in [1.82, 2.24) is 4.90 Å². The third-order valence-corrected chi connectivity index (χ3v) is 5.22. The molecule has 0 amide bonds. The van der Waals surface area contributed by atoms with Crippen LogP contribution in [0.4, 0.5) is 0 Å². The molecule has 1 aliphatic rings. The number of rotatable bonds is 5. The normalized spacial score (nSPS) is 25.6. The van der Waals surface area contributed by atoms with Crippen LogP contribution < -0.4 is 5.73 Å². The largest absolute Gasteiger partial charge is 0.383 e. The number of methoxy groups -OCH3 is 1. The second-order valence-electron chi connectivity index (χ2n) is 4.07. The van der Waals surface area contributed by atoms with Crippen LogP contribution in [0.2, 0.25) is 0 Å². The molecule has 1 saturated heterocycles. The molecule has 0 spiro atoms. The molecule has 0 aliphatic carbocycles. The molecule has 16 heavy (non-hydrogen) atoms. The zero-order valence-corrected chi connectivity index (χ0v) is 11.4. The molecule has 2 unspecified atom stereocenters. The van der Waals surface area contributed by atoms with Crippen molar-refractivity contribution >= 4 is 21.6 Å². The molecule has 0 saturated carbocycles. The van der Waals surface area contributed by atoms with E-state index in [1.54, 1.807) is 18.9 Å². The Kier molecular flexibility index (Phi) is 5.52. The predicted octanol–water partition coefficient (Wildman–Crippen LogP) is -0.620. The summed E-state index contributed by atoms with van der Waals surface area (Å²) in [4.78, 5) is 1.95. The van der Waals surface area contributed by atoms with Crippen LogP contribution in [0.5, 0.6) is 0 Å². The van der Waals surface area contributed by atoms with E-state index in [9.17, 15) is 8.42 Å². The molecule has 0 bridgehead atoms. The summed E-state index contributed by atoms with van der Waals surface area (Å²) in [6.07, 6.45) is 1.29. The third kappa shape index (κ3) is 4.21. The molecule has 96 valence electrons. The maximum absolute atomic E-state index is 11.6. The first kappa shape index (κ1) is 14.2. The predicted molar refractivity (Wildman–Crippen MR) is 67.4 cm³/mol. The fraction of sp³-hybridized carbons (Fsp3) is 1.00. The van der Waals surface area contributed by atoms with E-state index in [4.69, 9.17) is 10.5 Å². The zero-order chi connectivity index (χ0) is 12.2. The monoisotopic (exact) mass is 268 g/mol. The van der Waals surface area contributed by atoms with Gasteiger partial charge in [0.2, 0.25) is 0 Å². The number of ether oxygens (including phenoxy) is 1. The van der Waals surface area contributed by atoms with Gasteiger partial charge in [-0.15, -0.1) is 0 Å². The molecule has 7 heteroatoms. The van der Waals surface area contributed by atoms with Crippen molar-refractivity contribution in [2.45, 2.75) is 11.4 Å². The van der Waals surface area contributed by atoms with Crippen LogP contribution in [0.25, 0.3) is 0 Å². The maximum Gasteiger partial charge on any atom is 0.164 e. The molecule has 1 aliphatic heterocycles. The van der Waals surface area contributed by atoms with E-state index in [2.05, 4.69) is 0 Å². The maximum atomic E-state index is 11.6. The fourth-order valence-corrected chi connectivity index (χ4v) is 4.74. The van der Waals surface area contributed by atoms with Crippen LogP contribution in [0.15, 0.2) is 0 Å². The number of hydrogen-bond donors (Lipinski definition) is 1. The molecule has 1 fully saturated rings. The highest BCUT2D eigenvalue weighted by molar-refractivity contribution is 8.00. The quantitative estimate of drug-likeness (QED) is 0.716. The van der Waals surface area contributed by atoms with Crippen LogP contribution in [0.1, 0.15) is 0 Å². The van der Waals surface area contributed by atoms with Gasteiger partial charge in [-0.2, -0.15) is 11.8 Å². The first-order valence-corrected chi connectivity index (χ1v) is 8.31. The minimum absolute atomic E-state index is 0.127. The van der Waals surface area contributed by atoms with E-state index in [1.165, 1.54) is 6.26 Å². The lowest BCUT2D eigenvalue weighted by Crippen LogP contribution is -2.52. The minimum Gasteiger partial charge on any atom is -0.383 e. The summed E-state index contributed by atoms with van der Waals surface area (Å²) in [5, 5.41) is -0.394. The van der Waals surface area contributed by atoms with Crippen molar-refractivity contribution < 1.29 is 13.2 Å². The van der Waals surface area contributed by atoms with Crippen LogP contribution in [-0.4, -0.2) is 69.3 Å². The number of hydrogen-bond acceptors (Lipinski definition) is 6. The standard InChI is InChI=1S/C9H20N2O3S2/c1-14-6-8(10)5-11-3-4-15-7-9(11)16(2,12)13/h8-9H,3-7,10H2,1-2H3. The lowest BCUT2D eigenvalue weighted by atomic mass is 10.3. The number of thioether (sulfide) groups is 1. The van der Waals surface area contributed by atoms with Gasteiger partial charge in [0.05, 0.1) is 6.61 Å². The minimum atomic E-state index is -3.03. The summed E-state index contributed by atoms with van der Waals surface area (Å²) in [6, 6.07) is -0.127. The van der Waals surface area contributed by atoms with Crippen LogP contribution in [0.3, 0.4) is 0 Å². The van der Waals surface area contributed by atoms with Gasteiger partial charge in [-0.05, 0) is 0 Å². The second-order valence-corrected chi connectivity index (χ2v) is 7.42. The van der Waals surface area contributed by atoms with Crippen LogP contribution in [0, 0.1) is 0 Å². The van der Waals surface area contributed by atoms with Crippen LogP contribution >= 0.6 is 11.8 Å². The van der Waals surface area contributed by atoms with Gasteiger partial charge in [-0.1, -0.05) is 0 Å². The highest BCUT2D eigenvalue weighted by atomic mass is 32.2. The number of nitrogens with zero attached hydrogens (tertiary/aromatic N) is 1. The average molecular weight is 268 g/mol. The molecule has 0 radical (unpaired) electrons. The van der Waals surface area contributed by atoms with E-state index in [1.807, 2.05) is 4.90 Å². The molecule has 2 N–H and O–H groups in total. The summed E-state index contributed by atoms with van der Waals surface area (Å²) in [7, 11) is -1.43. The summed E-state index contributed by atoms with van der Waals surface area (Å²) in [5.41, 5.74) is 5.85. The summed E-state index contributed by atoms with van der Waals surface area (Å²) in [6.45, 7) is 1.81. The molecular weight excluding hydrogens is 248 g/mol. The Hall–Kier alpha value is 0.180. The van der Waals surface area contributed by atoms with E-state index in [0.717, 1.165) is 12.3 Å². The van der Waals surface area contributed by atoms with Gasteiger partial charge in [0, 0.05) is 44.0 Å². The van der Waals surface area contributed by atoms with E-state index >= 15 is 0 Å². The van der Waals surface area contributed by atoms with Crippen molar-refractivity contribution in [1.29, 1.82) is 0 Å². The Balaban J connectivity index is 2.61. The molecular formula is C9H20N2O3S2. The van der Waals surface area contributed by atoms with Gasteiger partial charge in [-0.3, -0.25) is 4.90 Å². The Morgan fingerprint density at radius 3 is 2.88 bits per heavy atom. The summed E-state index contributed by atoms with van der Waals surface area (Å²) in [5.74, 6) is 1.60. The van der Waals surface area contributed by atoms with Gasteiger partial charge < -0.3 is 10.5 Å². The Morgan fingerprint density at radius 2 is 2.31 bits per heavy atom. The number of sulfone groups is 1. The molecule has 2 atom stereocenters. The lowest BCUT2D eigenvalue weighted by molar-refractivity contribution is 0.152. The van der Waals surface area contributed by atoms with Gasteiger partial charge >= 0.3 is 0 Å². The smallest absolute Gasteiger partial charge is 0.164 e. The topological polar surface area (TPSA) is 72.6 Å². The van der Waals surface area contributed by atoms with Gasteiger partial charge in [0.25, 0.3) is 0 Å². The molecule has 1 heterocycles. The Morgan fingerprint density at radius 1 is 1.62 bits per heavy atom. The van der Waals surface area contributed by atoms with E-state index in [-0.39, 0.29) is 6.04 Å². The first-order chi connectivity index (χ1) is 7.45. The molecule has 0 aromatic heterocycles. The number of nitrogens with two attached hydrogens (primary N) is 1. The van der Waals surface area contributed by atoms with Gasteiger partial charge in [0.15, 0.2) is 9.84 Å². The van der Waals surface area contributed by atoms with Gasteiger partial charge in [-0.25, -0.2) is 8.42 Å². The molecule has 1 rings (SSSR count). The average Bonchev–Trinajstić information content (AvgIpc) is 2.17. The highest BCUT2D eigenvalue weighted by Gasteiger charge is 2.31. The molecule has 5 nitrogen and oxygen atoms in total. The van der Waals surface area contributed by atoms with Crippen LogP contribution in [-0.2, 0) is 14.6 Å². The zero-order valence-electron chi connectivity index (χ0n) is 9.76. The Labute approximate surface area is 102 Å². The highest BCUT2D eigenvalue weighted by Crippen LogP contribution is 2.20. The lowest BCUT2D eigenvalue weighted by Gasteiger charge is -2.35. The van der Waals surface area contributed by atoms with Gasteiger partial charge in [0.1, 0.15) is 5.37 Å². The van der Waals surface area contributed by atoms with Crippen molar-refractivity contribution in [3.05, 3.63) is 0 Å². The van der Waals surface area contributed by atoms with E-state index in [0.29, 0.717) is 18.9 Å². The van der Waals surface area contributed by atoms with Crippen molar-refractivity contribution in [2.75, 3.05) is 44.6 Å². The SMILES string of the molecule is COCC(N)CN1CCSCC1S(C)(=O)=O. The summed E-state index contributed by atoms with van der Waals surface area (Å²) < 4.78 is 28.2. The van der Waals surface area contributed by atoms with E-state index < -0.39 is 15.2 Å². The fourth-order valence-electron chi connectivity index (χ4n) is 1.79. The summed E-state index contributed by atoms with van der Waals surface area (Å²) >= 11 is 1.68. The third-order valence-electron chi connectivity index (χ3n) is 2.53. The molecule has 0 aromatic rings. The molecule has 0 aromatic carbocycles. The van der Waals surface area contributed by atoms with Crippen molar-refractivity contribution in [2.24, 2.45) is 5.73 Å². The second kappa shape index (κ2) is 6.20. The van der Waals surface area contributed by atoms with Crippen molar-refractivity contribution in [3.63, 3.8) is 0 Å². The van der Waals surface area contributed by atoms with Crippen molar-refractivity contribution in [3.8, 4) is 0 Å².